The highest BCUT2D eigenvalue weighted by molar-refractivity contribution is 5.42. The third-order valence-corrected chi connectivity index (χ3v) is 3.24. The van der Waals surface area contributed by atoms with Crippen LogP contribution in [0, 0.1) is 0 Å². The van der Waals surface area contributed by atoms with Gasteiger partial charge in [-0.15, -0.1) is 10.2 Å². The third kappa shape index (κ3) is 2.06. The molecule has 6 heteroatoms. The molecule has 0 saturated heterocycles. The number of aromatic nitrogens is 4. The van der Waals surface area contributed by atoms with Crippen LogP contribution in [0.2, 0.25) is 0 Å². The van der Waals surface area contributed by atoms with Gasteiger partial charge in [0.05, 0.1) is 6.54 Å². The van der Waals surface area contributed by atoms with E-state index in [1.54, 1.807) is 6.33 Å². The van der Waals surface area contributed by atoms with Gasteiger partial charge in [0, 0.05) is 38.4 Å². The van der Waals surface area contributed by atoms with Crippen LogP contribution in [0.4, 0.5) is 5.82 Å². The number of nitrogens with one attached hydrogen (secondary N) is 1. The summed E-state index contributed by atoms with van der Waals surface area (Å²) < 4.78 is 2.11. The quantitative estimate of drug-likeness (QED) is 0.862. The molecule has 3 rings (SSSR count). The second-order valence-electron chi connectivity index (χ2n) is 4.41. The molecule has 0 fully saturated rings. The standard InChI is InChI=1S/C12H16N6/c1-13-12-10(3-2-4-14-12)7-17-5-6-18-9-15-16-11(18)8-17/h2-4,9H,5-8H2,1H3,(H,13,14). The number of rotatable bonds is 3. The number of pyridine rings is 1. The molecule has 1 N–H and O–H groups in total. The van der Waals surface area contributed by atoms with Crippen molar-refractivity contribution in [3.63, 3.8) is 0 Å². The molecule has 0 unspecified atom stereocenters. The summed E-state index contributed by atoms with van der Waals surface area (Å²) >= 11 is 0. The molecule has 0 atom stereocenters. The van der Waals surface area contributed by atoms with E-state index in [0.29, 0.717) is 0 Å². The van der Waals surface area contributed by atoms with Crippen molar-refractivity contribution in [2.45, 2.75) is 19.6 Å². The molecule has 0 aliphatic carbocycles. The monoisotopic (exact) mass is 244 g/mol. The third-order valence-electron chi connectivity index (χ3n) is 3.24. The summed E-state index contributed by atoms with van der Waals surface area (Å²) in [6.07, 6.45) is 3.61. The van der Waals surface area contributed by atoms with E-state index in [9.17, 15) is 0 Å². The Morgan fingerprint density at radius 2 is 2.33 bits per heavy atom. The van der Waals surface area contributed by atoms with Gasteiger partial charge in [0.2, 0.25) is 0 Å². The Bertz CT molecular complexity index is 535. The molecule has 0 bridgehead atoms. The Kier molecular flexibility index (Phi) is 2.93. The van der Waals surface area contributed by atoms with Crippen LogP contribution >= 0.6 is 0 Å². The molecule has 3 heterocycles. The van der Waals surface area contributed by atoms with Gasteiger partial charge in [-0.1, -0.05) is 6.07 Å². The van der Waals surface area contributed by atoms with E-state index < -0.39 is 0 Å². The van der Waals surface area contributed by atoms with Crippen LogP contribution in [0.25, 0.3) is 0 Å². The second-order valence-corrected chi connectivity index (χ2v) is 4.41. The Labute approximate surface area is 106 Å². The van der Waals surface area contributed by atoms with Crippen LogP contribution in [0.5, 0.6) is 0 Å². The summed E-state index contributed by atoms with van der Waals surface area (Å²) in [7, 11) is 1.90. The summed E-state index contributed by atoms with van der Waals surface area (Å²) in [5.74, 6) is 1.99. The van der Waals surface area contributed by atoms with Gasteiger partial charge >= 0.3 is 0 Å². The fourth-order valence-corrected chi connectivity index (χ4v) is 2.28. The molecule has 18 heavy (non-hydrogen) atoms. The lowest BCUT2D eigenvalue weighted by Crippen LogP contribution is -2.33. The minimum Gasteiger partial charge on any atom is -0.373 e. The lowest BCUT2D eigenvalue weighted by Gasteiger charge is -2.27. The molecule has 6 nitrogen and oxygen atoms in total. The summed E-state index contributed by atoms with van der Waals surface area (Å²) in [5.41, 5.74) is 1.22. The Morgan fingerprint density at radius 3 is 3.22 bits per heavy atom. The summed E-state index contributed by atoms with van der Waals surface area (Å²) in [4.78, 5) is 6.69. The number of hydrogen-bond donors (Lipinski definition) is 1. The van der Waals surface area contributed by atoms with Crippen molar-refractivity contribution in [2.75, 3.05) is 18.9 Å². The van der Waals surface area contributed by atoms with E-state index in [1.807, 2.05) is 19.3 Å². The van der Waals surface area contributed by atoms with Gasteiger partial charge in [-0.3, -0.25) is 4.90 Å². The fraction of sp³-hybridized carbons (Fsp3) is 0.417. The van der Waals surface area contributed by atoms with Crippen LogP contribution in [0.15, 0.2) is 24.7 Å². The lowest BCUT2D eigenvalue weighted by molar-refractivity contribution is 0.209. The second kappa shape index (κ2) is 4.73. The zero-order valence-corrected chi connectivity index (χ0v) is 10.4. The van der Waals surface area contributed by atoms with Crippen LogP contribution in [-0.4, -0.2) is 38.2 Å². The maximum absolute atomic E-state index is 4.33. The molecule has 0 spiro atoms. The maximum Gasteiger partial charge on any atom is 0.147 e. The lowest BCUT2D eigenvalue weighted by atomic mass is 10.2. The van der Waals surface area contributed by atoms with Crippen molar-refractivity contribution in [3.8, 4) is 0 Å². The first kappa shape index (κ1) is 11.2. The number of anilines is 1. The van der Waals surface area contributed by atoms with Gasteiger partial charge < -0.3 is 9.88 Å². The van der Waals surface area contributed by atoms with Crippen LogP contribution in [-0.2, 0) is 19.6 Å². The van der Waals surface area contributed by atoms with Gasteiger partial charge in [-0.2, -0.15) is 0 Å². The van der Waals surface area contributed by atoms with E-state index in [1.165, 1.54) is 5.56 Å². The van der Waals surface area contributed by atoms with Crippen LogP contribution in [0.1, 0.15) is 11.4 Å². The van der Waals surface area contributed by atoms with Crippen molar-refractivity contribution in [2.24, 2.45) is 0 Å². The number of nitrogens with zero attached hydrogens (tertiary/aromatic N) is 5. The molecule has 2 aromatic heterocycles. The zero-order chi connectivity index (χ0) is 12.4. The number of hydrogen-bond acceptors (Lipinski definition) is 5. The molecule has 1 aliphatic heterocycles. The summed E-state index contributed by atoms with van der Waals surface area (Å²) in [6.45, 7) is 3.70. The average molecular weight is 244 g/mol. The van der Waals surface area contributed by atoms with Crippen LogP contribution < -0.4 is 5.32 Å². The minimum atomic E-state index is 0.845. The minimum absolute atomic E-state index is 0.845. The van der Waals surface area contributed by atoms with Crippen molar-refractivity contribution in [1.29, 1.82) is 0 Å². The van der Waals surface area contributed by atoms with Crippen molar-refractivity contribution < 1.29 is 0 Å². The topological polar surface area (TPSA) is 58.9 Å². The van der Waals surface area contributed by atoms with E-state index in [0.717, 1.165) is 37.8 Å². The molecule has 2 aromatic rings. The molecule has 0 aromatic carbocycles. The molecule has 94 valence electrons. The first-order valence-electron chi connectivity index (χ1n) is 6.07. The highest BCUT2D eigenvalue weighted by Crippen LogP contribution is 2.17. The first-order valence-corrected chi connectivity index (χ1v) is 6.07. The average Bonchev–Trinajstić information content (AvgIpc) is 2.87. The molecule has 0 amide bonds. The van der Waals surface area contributed by atoms with E-state index in [-0.39, 0.29) is 0 Å². The Balaban J connectivity index is 1.74. The molecule has 0 saturated carbocycles. The van der Waals surface area contributed by atoms with Crippen molar-refractivity contribution in [1.82, 2.24) is 24.6 Å². The largest absolute Gasteiger partial charge is 0.373 e. The smallest absolute Gasteiger partial charge is 0.147 e. The molecule has 0 radical (unpaired) electrons. The van der Waals surface area contributed by atoms with Crippen molar-refractivity contribution in [3.05, 3.63) is 36.0 Å². The fourth-order valence-electron chi connectivity index (χ4n) is 2.28. The van der Waals surface area contributed by atoms with Gasteiger partial charge in [-0.25, -0.2) is 4.98 Å². The Morgan fingerprint density at radius 1 is 1.39 bits per heavy atom. The number of fused-ring (bicyclic) bond motifs is 1. The van der Waals surface area contributed by atoms with E-state index in [2.05, 4.69) is 36.0 Å². The molecular weight excluding hydrogens is 228 g/mol. The molecular formula is C12H16N6. The summed E-state index contributed by atoms with van der Waals surface area (Å²) in [6, 6.07) is 4.08. The predicted octanol–water partition coefficient (Wildman–Crippen LogP) is 0.731. The van der Waals surface area contributed by atoms with Gasteiger partial charge in [0.25, 0.3) is 0 Å². The highest BCUT2D eigenvalue weighted by atomic mass is 15.3. The zero-order valence-electron chi connectivity index (χ0n) is 10.4. The Hall–Kier alpha value is -1.95. The van der Waals surface area contributed by atoms with Gasteiger partial charge in [0.1, 0.15) is 18.0 Å². The maximum atomic E-state index is 4.33. The normalized spacial score (nSPS) is 15.4. The predicted molar refractivity (Wildman–Crippen MR) is 67.9 cm³/mol. The SMILES string of the molecule is CNc1ncccc1CN1CCn2cnnc2C1. The van der Waals surface area contributed by atoms with Gasteiger partial charge in [-0.05, 0) is 6.07 Å². The summed E-state index contributed by atoms with van der Waals surface area (Å²) in [5, 5.41) is 11.2. The van der Waals surface area contributed by atoms with Gasteiger partial charge in [0.15, 0.2) is 0 Å². The highest BCUT2D eigenvalue weighted by Gasteiger charge is 2.18. The van der Waals surface area contributed by atoms with Crippen molar-refractivity contribution >= 4 is 5.82 Å². The molecule has 1 aliphatic rings. The van der Waals surface area contributed by atoms with E-state index >= 15 is 0 Å². The van der Waals surface area contributed by atoms with Crippen LogP contribution in [0.3, 0.4) is 0 Å². The first-order chi connectivity index (χ1) is 8.86. The van der Waals surface area contributed by atoms with E-state index in [4.69, 9.17) is 0 Å².